The third-order valence-electron chi connectivity index (χ3n) is 2.18. The van der Waals surface area contributed by atoms with Gasteiger partial charge in [0.15, 0.2) is 0 Å². The van der Waals surface area contributed by atoms with Gasteiger partial charge in [0.05, 0.1) is 16.5 Å². The number of hydrogen-bond donors (Lipinski definition) is 2. The number of hydrogen-bond acceptors (Lipinski definition) is 3. The van der Waals surface area contributed by atoms with E-state index in [-0.39, 0.29) is 16.5 Å². The van der Waals surface area contributed by atoms with Crippen LogP contribution in [0.25, 0.3) is 0 Å². The first-order valence-electron chi connectivity index (χ1n) is 5.29. The number of anilines is 1. The van der Waals surface area contributed by atoms with Gasteiger partial charge in [-0.3, -0.25) is 4.72 Å². The molecule has 1 aromatic rings. The maximum atomic E-state index is 11.7. The molecule has 0 atom stereocenters. The van der Waals surface area contributed by atoms with Gasteiger partial charge in [0, 0.05) is 6.07 Å². The Bertz CT molecular complexity index is 485. The molecule has 0 unspecified atom stereocenters. The minimum Gasteiger partial charge on any atom is -0.506 e. The fourth-order valence-electron chi connectivity index (χ4n) is 1.20. The van der Waals surface area contributed by atoms with Gasteiger partial charge in [-0.2, -0.15) is 0 Å². The van der Waals surface area contributed by atoms with E-state index in [0.29, 0.717) is 18.0 Å². The summed E-state index contributed by atoms with van der Waals surface area (Å²) in [5.74, 6) is 0.245. The van der Waals surface area contributed by atoms with E-state index in [1.165, 1.54) is 18.2 Å². The van der Waals surface area contributed by atoms with Gasteiger partial charge in [-0.25, -0.2) is 8.42 Å². The molecule has 96 valence electrons. The Morgan fingerprint density at radius 2 is 2.06 bits per heavy atom. The molecule has 17 heavy (non-hydrogen) atoms. The first kappa shape index (κ1) is 14.1. The van der Waals surface area contributed by atoms with Gasteiger partial charge in [0.2, 0.25) is 10.0 Å². The Hall–Kier alpha value is -0.940. The van der Waals surface area contributed by atoms with Crippen molar-refractivity contribution in [2.45, 2.75) is 20.3 Å². The predicted molar refractivity (Wildman–Crippen MR) is 70.0 cm³/mol. The molecule has 1 rings (SSSR count). The van der Waals surface area contributed by atoms with Crippen molar-refractivity contribution in [1.29, 1.82) is 0 Å². The minimum atomic E-state index is -3.36. The van der Waals surface area contributed by atoms with Crippen LogP contribution >= 0.6 is 11.6 Å². The zero-order chi connectivity index (χ0) is 13.1. The molecule has 0 aliphatic heterocycles. The molecule has 0 bridgehead atoms. The van der Waals surface area contributed by atoms with E-state index in [1.807, 2.05) is 13.8 Å². The Kier molecular flexibility index (Phi) is 4.65. The molecule has 1 aromatic carbocycles. The number of nitrogens with one attached hydrogen (secondary N) is 1. The largest absolute Gasteiger partial charge is 0.506 e. The summed E-state index contributed by atoms with van der Waals surface area (Å²) in [6, 6.07) is 4.24. The molecule has 0 amide bonds. The first-order valence-corrected chi connectivity index (χ1v) is 7.32. The summed E-state index contributed by atoms with van der Waals surface area (Å²) < 4.78 is 25.7. The molecule has 0 saturated heterocycles. The smallest absolute Gasteiger partial charge is 0.232 e. The van der Waals surface area contributed by atoms with Gasteiger partial charge in [-0.1, -0.05) is 25.4 Å². The predicted octanol–water partition coefficient (Wildman–Crippen LogP) is 2.83. The van der Waals surface area contributed by atoms with E-state index in [0.717, 1.165) is 0 Å². The molecule has 0 radical (unpaired) electrons. The molecule has 0 fully saturated rings. The van der Waals surface area contributed by atoms with Crippen molar-refractivity contribution in [3.8, 4) is 5.75 Å². The quantitative estimate of drug-likeness (QED) is 0.870. The van der Waals surface area contributed by atoms with Gasteiger partial charge in [-0.05, 0) is 24.5 Å². The second-order valence-corrected chi connectivity index (χ2v) is 6.52. The molecule has 2 N–H and O–H groups in total. The fraction of sp³-hybridized carbons (Fsp3) is 0.455. The Morgan fingerprint density at radius 1 is 1.41 bits per heavy atom. The zero-order valence-electron chi connectivity index (χ0n) is 9.77. The Balaban J connectivity index is 2.73. The summed E-state index contributed by atoms with van der Waals surface area (Å²) in [5, 5.41) is 9.54. The van der Waals surface area contributed by atoms with Crippen LogP contribution in [0, 0.1) is 5.92 Å². The third-order valence-corrected chi connectivity index (χ3v) is 3.82. The zero-order valence-corrected chi connectivity index (χ0v) is 11.3. The van der Waals surface area contributed by atoms with Crippen LogP contribution in [0.3, 0.4) is 0 Å². The lowest BCUT2D eigenvalue weighted by atomic mass is 10.2. The summed E-state index contributed by atoms with van der Waals surface area (Å²) in [7, 11) is -3.36. The van der Waals surface area contributed by atoms with Crippen LogP contribution in [-0.4, -0.2) is 19.3 Å². The maximum absolute atomic E-state index is 11.7. The van der Waals surface area contributed by atoms with E-state index in [9.17, 15) is 13.5 Å². The van der Waals surface area contributed by atoms with Crippen molar-refractivity contribution in [3.05, 3.63) is 23.2 Å². The maximum Gasteiger partial charge on any atom is 0.232 e. The SMILES string of the molecule is CC(C)CCS(=O)(=O)Nc1ccc(Cl)c(O)c1. The molecular weight excluding hydrogens is 262 g/mol. The third kappa shape index (κ3) is 4.83. The van der Waals surface area contributed by atoms with Crippen molar-refractivity contribution in [2.24, 2.45) is 5.92 Å². The van der Waals surface area contributed by atoms with Crippen LogP contribution in [-0.2, 0) is 10.0 Å². The van der Waals surface area contributed by atoms with Crippen LogP contribution < -0.4 is 4.72 Å². The monoisotopic (exact) mass is 277 g/mol. The van der Waals surface area contributed by atoms with Crippen LogP contribution in [0.5, 0.6) is 5.75 Å². The van der Waals surface area contributed by atoms with Crippen LogP contribution in [0.15, 0.2) is 18.2 Å². The van der Waals surface area contributed by atoms with E-state index >= 15 is 0 Å². The van der Waals surface area contributed by atoms with Crippen molar-refractivity contribution in [2.75, 3.05) is 10.5 Å². The number of phenolic OH excluding ortho intramolecular Hbond substituents is 1. The molecule has 0 saturated carbocycles. The summed E-state index contributed by atoms with van der Waals surface area (Å²) in [4.78, 5) is 0. The van der Waals surface area contributed by atoms with Crippen molar-refractivity contribution < 1.29 is 13.5 Å². The Morgan fingerprint density at radius 3 is 2.59 bits per heavy atom. The molecule has 0 heterocycles. The van der Waals surface area contributed by atoms with Gasteiger partial charge >= 0.3 is 0 Å². The normalized spacial score (nSPS) is 11.8. The Labute approximate surface area is 107 Å². The number of halogens is 1. The highest BCUT2D eigenvalue weighted by Gasteiger charge is 2.12. The standard InChI is InChI=1S/C11H16ClNO3S/c1-8(2)5-6-17(15,16)13-9-3-4-10(12)11(14)7-9/h3-4,7-8,13-14H,5-6H2,1-2H3. The minimum absolute atomic E-state index is 0.0635. The molecule has 0 spiro atoms. The average Bonchev–Trinajstić information content (AvgIpc) is 2.21. The lowest BCUT2D eigenvalue weighted by Gasteiger charge is -2.09. The lowest BCUT2D eigenvalue weighted by molar-refractivity contribution is 0.476. The second-order valence-electron chi connectivity index (χ2n) is 4.27. The average molecular weight is 278 g/mol. The van der Waals surface area contributed by atoms with Gasteiger partial charge in [0.25, 0.3) is 0 Å². The summed E-state index contributed by atoms with van der Waals surface area (Å²) >= 11 is 5.63. The molecule has 4 nitrogen and oxygen atoms in total. The highest BCUT2D eigenvalue weighted by molar-refractivity contribution is 7.92. The summed E-state index contributed by atoms with van der Waals surface area (Å²) in [6.07, 6.45) is 0.592. The molecule has 0 aromatic heterocycles. The number of sulfonamides is 1. The highest BCUT2D eigenvalue weighted by Crippen LogP contribution is 2.26. The van der Waals surface area contributed by atoms with Crippen molar-refractivity contribution in [3.63, 3.8) is 0 Å². The summed E-state index contributed by atoms with van der Waals surface area (Å²) in [6.45, 7) is 3.92. The van der Waals surface area contributed by atoms with Crippen molar-refractivity contribution in [1.82, 2.24) is 0 Å². The van der Waals surface area contributed by atoms with Gasteiger partial charge in [0.1, 0.15) is 5.75 Å². The van der Waals surface area contributed by atoms with E-state index in [4.69, 9.17) is 11.6 Å². The number of phenols is 1. The van der Waals surface area contributed by atoms with Crippen molar-refractivity contribution >= 4 is 27.3 Å². The topological polar surface area (TPSA) is 66.4 Å². The summed E-state index contributed by atoms with van der Waals surface area (Å²) in [5.41, 5.74) is 0.315. The lowest BCUT2D eigenvalue weighted by Crippen LogP contribution is -2.17. The molecule has 0 aliphatic rings. The number of aromatic hydroxyl groups is 1. The number of rotatable bonds is 5. The van der Waals surface area contributed by atoms with Crippen LogP contribution in [0.1, 0.15) is 20.3 Å². The van der Waals surface area contributed by atoms with E-state index < -0.39 is 10.0 Å². The molecular formula is C11H16ClNO3S. The second kappa shape index (κ2) is 5.60. The first-order chi connectivity index (χ1) is 7.80. The molecule has 6 heteroatoms. The number of benzene rings is 1. The highest BCUT2D eigenvalue weighted by atomic mass is 35.5. The van der Waals surface area contributed by atoms with Crippen LogP contribution in [0.2, 0.25) is 5.02 Å². The van der Waals surface area contributed by atoms with Gasteiger partial charge in [-0.15, -0.1) is 0 Å². The van der Waals surface area contributed by atoms with E-state index in [1.54, 1.807) is 0 Å². The van der Waals surface area contributed by atoms with Gasteiger partial charge < -0.3 is 5.11 Å². The fourth-order valence-corrected chi connectivity index (χ4v) is 2.68. The molecule has 0 aliphatic carbocycles. The van der Waals surface area contributed by atoms with Crippen LogP contribution in [0.4, 0.5) is 5.69 Å². The van der Waals surface area contributed by atoms with E-state index in [2.05, 4.69) is 4.72 Å².